The smallest absolute Gasteiger partial charge is 0.159 e. The third kappa shape index (κ3) is 11.5. The molecule has 0 radical (unpaired) electrons. The van der Waals surface area contributed by atoms with Crippen LogP contribution in [0.25, 0.3) is 11.4 Å². The maximum Gasteiger partial charge on any atom is 0.159 e. The molecule has 0 atom stereocenters. The maximum atomic E-state index is 5.89. The zero-order valence-corrected chi connectivity index (χ0v) is 20.5. The van der Waals surface area contributed by atoms with Gasteiger partial charge in [0.2, 0.25) is 0 Å². The van der Waals surface area contributed by atoms with Crippen LogP contribution in [-0.2, 0) is 6.42 Å². The zero-order chi connectivity index (χ0) is 22.7. The van der Waals surface area contributed by atoms with E-state index in [9.17, 15) is 0 Å². The molecule has 0 bridgehead atoms. The fourth-order valence-electron chi connectivity index (χ4n) is 3.74. The maximum absolute atomic E-state index is 5.89. The van der Waals surface area contributed by atoms with Crippen molar-refractivity contribution < 1.29 is 4.74 Å². The van der Waals surface area contributed by atoms with E-state index in [2.05, 4.69) is 48.1 Å². The monoisotopic (exact) mass is 436 g/mol. The number of aromatic nitrogens is 2. The van der Waals surface area contributed by atoms with Gasteiger partial charge in [0, 0.05) is 18.0 Å². The van der Waals surface area contributed by atoms with E-state index < -0.39 is 0 Å². The second kappa shape index (κ2) is 17.4. The van der Waals surface area contributed by atoms with Gasteiger partial charge in [-0.2, -0.15) is 0 Å². The van der Waals surface area contributed by atoms with Crippen LogP contribution in [0.4, 0.5) is 0 Å². The van der Waals surface area contributed by atoms with Gasteiger partial charge in [-0.1, -0.05) is 70.9 Å². The summed E-state index contributed by atoms with van der Waals surface area (Å²) in [5.41, 5.74) is 2.27. The zero-order valence-electron chi connectivity index (χ0n) is 20.5. The van der Waals surface area contributed by atoms with Gasteiger partial charge in [0.15, 0.2) is 5.82 Å². The molecule has 2 rings (SSSR count). The summed E-state index contributed by atoms with van der Waals surface area (Å²) in [5, 5.41) is 0. The normalized spacial score (nSPS) is 11.3. The highest BCUT2D eigenvalue weighted by Crippen LogP contribution is 2.20. The number of nitrogens with zero attached hydrogens (tertiary/aromatic N) is 2. The Balaban J connectivity index is 1.62. The summed E-state index contributed by atoms with van der Waals surface area (Å²) >= 11 is 0. The molecular weight excluding hydrogens is 392 g/mol. The second-order valence-electron chi connectivity index (χ2n) is 8.77. The molecule has 1 heterocycles. The van der Waals surface area contributed by atoms with Crippen molar-refractivity contribution in [3.63, 3.8) is 0 Å². The largest absolute Gasteiger partial charge is 0.494 e. The Morgan fingerprint density at radius 2 is 1.28 bits per heavy atom. The van der Waals surface area contributed by atoms with E-state index >= 15 is 0 Å². The first-order valence-electron chi connectivity index (χ1n) is 13.0. The van der Waals surface area contributed by atoms with Crippen LogP contribution in [0.3, 0.4) is 0 Å². The van der Waals surface area contributed by atoms with Crippen LogP contribution in [0, 0.1) is 0 Å². The molecule has 1 aromatic heterocycles. The van der Waals surface area contributed by atoms with Crippen molar-refractivity contribution in [2.24, 2.45) is 0 Å². The van der Waals surface area contributed by atoms with E-state index in [0.29, 0.717) is 0 Å². The van der Waals surface area contributed by atoms with E-state index in [1.54, 1.807) is 0 Å². The lowest BCUT2D eigenvalue weighted by Gasteiger charge is -2.07. The van der Waals surface area contributed by atoms with Crippen molar-refractivity contribution >= 4 is 0 Å². The van der Waals surface area contributed by atoms with E-state index in [4.69, 9.17) is 4.74 Å². The highest BCUT2D eigenvalue weighted by atomic mass is 16.5. The molecule has 176 valence electrons. The molecule has 0 saturated heterocycles. The van der Waals surface area contributed by atoms with E-state index in [1.807, 2.05) is 24.5 Å². The van der Waals surface area contributed by atoms with Gasteiger partial charge in [-0.3, -0.25) is 0 Å². The van der Waals surface area contributed by atoms with Crippen molar-refractivity contribution in [3.8, 4) is 17.1 Å². The molecule has 32 heavy (non-hydrogen) atoms. The van der Waals surface area contributed by atoms with Gasteiger partial charge in [-0.25, -0.2) is 9.97 Å². The van der Waals surface area contributed by atoms with E-state index in [0.717, 1.165) is 43.0 Å². The van der Waals surface area contributed by atoms with Crippen LogP contribution in [0.1, 0.15) is 103 Å². The first-order chi connectivity index (χ1) is 15.8. The summed E-state index contributed by atoms with van der Waals surface area (Å²) < 4.78 is 5.89. The molecule has 0 aliphatic rings. The standard InChI is InChI=1S/C29H44N2O/c1-3-5-7-9-11-12-13-15-17-23-32-28-21-19-27(20-22-28)29-30-24-26(25-31-29)18-16-14-10-8-6-4-2/h11-12,19-22,24-25H,3-10,13-18,23H2,1-2H3/b12-11-. The Morgan fingerprint density at radius 3 is 1.97 bits per heavy atom. The number of allylic oxidation sites excluding steroid dienone is 2. The van der Waals surface area contributed by atoms with Crippen molar-refractivity contribution in [3.05, 3.63) is 54.4 Å². The lowest BCUT2D eigenvalue weighted by Crippen LogP contribution is -1.97. The minimum Gasteiger partial charge on any atom is -0.494 e. The molecule has 0 aliphatic heterocycles. The fourth-order valence-corrected chi connectivity index (χ4v) is 3.74. The number of hydrogen-bond acceptors (Lipinski definition) is 3. The molecule has 0 unspecified atom stereocenters. The molecule has 0 fully saturated rings. The van der Waals surface area contributed by atoms with Gasteiger partial charge in [-0.05, 0) is 74.8 Å². The van der Waals surface area contributed by atoms with Crippen LogP contribution in [0.5, 0.6) is 5.75 Å². The third-order valence-electron chi connectivity index (χ3n) is 5.81. The van der Waals surface area contributed by atoms with Crippen LogP contribution >= 0.6 is 0 Å². The number of hydrogen-bond donors (Lipinski definition) is 0. The van der Waals surface area contributed by atoms with Crippen molar-refractivity contribution in [2.75, 3.05) is 6.61 Å². The van der Waals surface area contributed by atoms with Crippen molar-refractivity contribution in [2.45, 2.75) is 104 Å². The molecule has 0 N–H and O–H groups in total. The van der Waals surface area contributed by atoms with Gasteiger partial charge in [-0.15, -0.1) is 0 Å². The molecule has 0 spiro atoms. The van der Waals surface area contributed by atoms with Crippen molar-refractivity contribution in [1.82, 2.24) is 9.97 Å². The Kier molecular flexibility index (Phi) is 14.2. The lowest BCUT2D eigenvalue weighted by molar-refractivity contribution is 0.307. The van der Waals surface area contributed by atoms with Gasteiger partial charge in [0.1, 0.15) is 5.75 Å². The summed E-state index contributed by atoms with van der Waals surface area (Å²) in [6.45, 7) is 5.28. The SMILES string of the molecule is CCCCC/C=C\CCCCOc1ccc(-c2ncc(CCCCCCCC)cn2)cc1. The highest BCUT2D eigenvalue weighted by molar-refractivity contribution is 5.55. The summed E-state index contributed by atoms with van der Waals surface area (Å²) in [6, 6.07) is 8.15. The third-order valence-corrected chi connectivity index (χ3v) is 5.81. The molecule has 3 heteroatoms. The number of ether oxygens (including phenoxy) is 1. The Morgan fingerprint density at radius 1 is 0.688 bits per heavy atom. The summed E-state index contributed by atoms with van der Waals surface area (Å²) in [6.07, 6.45) is 26.2. The van der Waals surface area contributed by atoms with Crippen LogP contribution in [0.2, 0.25) is 0 Å². The molecule has 2 aromatic rings. The van der Waals surface area contributed by atoms with Crippen LogP contribution < -0.4 is 4.74 Å². The molecular formula is C29H44N2O. The second-order valence-corrected chi connectivity index (χ2v) is 8.77. The molecule has 3 nitrogen and oxygen atoms in total. The van der Waals surface area contributed by atoms with Gasteiger partial charge in [0.05, 0.1) is 6.61 Å². The van der Waals surface area contributed by atoms with Crippen molar-refractivity contribution in [1.29, 1.82) is 0 Å². The van der Waals surface area contributed by atoms with Gasteiger partial charge < -0.3 is 4.74 Å². The Labute approximate surface area is 196 Å². The molecule has 0 amide bonds. The van der Waals surface area contributed by atoms with Crippen LogP contribution in [0.15, 0.2) is 48.8 Å². The predicted octanol–water partition coefficient (Wildman–Crippen LogP) is 8.73. The topological polar surface area (TPSA) is 35.0 Å². The van der Waals surface area contributed by atoms with E-state index in [1.165, 1.54) is 76.2 Å². The summed E-state index contributed by atoms with van der Waals surface area (Å²) in [5.74, 6) is 1.71. The van der Waals surface area contributed by atoms with Gasteiger partial charge >= 0.3 is 0 Å². The molecule has 1 aromatic carbocycles. The Bertz CT molecular complexity index is 722. The Hall–Kier alpha value is -2.16. The summed E-state index contributed by atoms with van der Waals surface area (Å²) in [4.78, 5) is 9.15. The average Bonchev–Trinajstić information content (AvgIpc) is 2.83. The predicted molar refractivity (Wildman–Crippen MR) is 137 cm³/mol. The van der Waals surface area contributed by atoms with Gasteiger partial charge in [0.25, 0.3) is 0 Å². The molecule has 0 aliphatic carbocycles. The number of benzene rings is 1. The highest BCUT2D eigenvalue weighted by Gasteiger charge is 2.03. The quantitative estimate of drug-likeness (QED) is 0.173. The number of unbranched alkanes of at least 4 members (excludes halogenated alkanes) is 10. The minimum absolute atomic E-state index is 0.770. The van der Waals surface area contributed by atoms with Crippen LogP contribution in [-0.4, -0.2) is 16.6 Å². The molecule has 0 saturated carbocycles. The number of aryl methyl sites for hydroxylation is 1. The average molecular weight is 437 g/mol. The summed E-state index contributed by atoms with van der Waals surface area (Å²) in [7, 11) is 0. The lowest BCUT2D eigenvalue weighted by atomic mass is 10.1. The number of rotatable bonds is 18. The first kappa shape index (κ1) is 26.1. The minimum atomic E-state index is 0.770. The fraction of sp³-hybridized carbons (Fsp3) is 0.586. The first-order valence-corrected chi connectivity index (χ1v) is 13.0. The van der Waals surface area contributed by atoms with E-state index in [-0.39, 0.29) is 0 Å².